The monoisotopic (exact) mass is 262 g/mol. The molecule has 1 aliphatic heterocycles. The summed E-state index contributed by atoms with van der Waals surface area (Å²) in [5, 5.41) is 3.13. The van der Waals surface area contributed by atoms with Crippen LogP contribution < -0.4 is 10.1 Å². The molecule has 1 amide bonds. The van der Waals surface area contributed by atoms with Gasteiger partial charge in [-0.1, -0.05) is 19.1 Å². The van der Waals surface area contributed by atoms with E-state index in [1.54, 1.807) is 7.11 Å². The van der Waals surface area contributed by atoms with Gasteiger partial charge in [0.25, 0.3) is 0 Å². The van der Waals surface area contributed by atoms with Gasteiger partial charge in [-0.15, -0.1) is 0 Å². The summed E-state index contributed by atoms with van der Waals surface area (Å²) >= 11 is 0. The lowest BCUT2D eigenvalue weighted by molar-refractivity contribution is -0.136. The molecule has 1 N–H and O–H groups in total. The average Bonchev–Trinajstić information content (AvgIpc) is 2.36. The summed E-state index contributed by atoms with van der Waals surface area (Å²) in [6.45, 7) is 4.39. The van der Waals surface area contributed by atoms with E-state index in [2.05, 4.69) is 18.3 Å². The molecule has 0 radical (unpaired) electrons. The molecule has 0 saturated carbocycles. The fraction of sp³-hybridized carbons (Fsp3) is 0.533. The van der Waals surface area contributed by atoms with Crippen LogP contribution >= 0.6 is 0 Å². The molecule has 1 aromatic rings. The predicted molar refractivity (Wildman–Crippen MR) is 75.2 cm³/mol. The lowest BCUT2D eigenvalue weighted by atomic mass is 10.0. The lowest BCUT2D eigenvalue weighted by Gasteiger charge is -2.30. The summed E-state index contributed by atoms with van der Waals surface area (Å²) in [5.41, 5.74) is 2.34. The molecule has 1 aliphatic rings. The molecule has 2 rings (SSSR count). The fourth-order valence-corrected chi connectivity index (χ4v) is 2.33. The quantitative estimate of drug-likeness (QED) is 0.873. The van der Waals surface area contributed by atoms with E-state index in [1.807, 2.05) is 24.1 Å². The highest BCUT2D eigenvalue weighted by Crippen LogP contribution is 2.21. The topological polar surface area (TPSA) is 41.6 Å². The third-order valence-corrected chi connectivity index (χ3v) is 3.65. The average molecular weight is 262 g/mol. The van der Waals surface area contributed by atoms with Gasteiger partial charge in [-0.3, -0.25) is 4.79 Å². The SMILES string of the molecule is CCc1cc(CN(C)C(=O)C2CNC2)ccc1OC. The van der Waals surface area contributed by atoms with E-state index in [0.29, 0.717) is 6.54 Å². The first-order valence-corrected chi connectivity index (χ1v) is 6.77. The van der Waals surface area contributed by atoms with Gasteiger partial charge in [0.2, 0.25) is 5.91 Å². The molecule has 0 bridgehead atoms. The van der Waals surface area contributed by atoms with Crippen molar-refractivity contribution in [3.05, 3.63) is 29.3 Å². The van der Waals surface area contributed by atoms with Crippen LogP contribution in [0.15, 0.2) is 18.2 Å². The van der Waals surface area contributed by atoms with Crippen LogP contribution in [0, 0.1) is 5.92 Å². The predicted octanol–water partition coefficient (Wildman–Crippen LogP) is 1.44. The second-order valence-electron chi connectivity index (χ2n) is 5.05. The largest absolute Gasteiger partial charge is 0.496 e. The third-order valence-electron chi connectivity index (χ3n) is 3.65. The zero-order valence-corrected chi connectivity index (χ0v) is 11.9. The van der Waals surface area contributed by atoms with Crippen LogP contribution in [0.4, 0.5) is 0 Å². The Morgan fingerprint density at radius 1 is 1.47 bits per heavy atom. The van der Waals surface area contributed by atoms with Gasteiger partial charge in [0.15, 0.2) is 0 Å². The van der Waals surface area contributed by atoms with E-state index in [4.69, 9.17) is 4.74 Å². The lowest BCUT2D eigenvalue weighted by Crippen LogP contribution is -2.50. The highest BCUT2D eigenvalue weighted by Gasteiger charge is 2.27. The molecule has 19 heavy (non-hydrogen) atoms. The van der Waals surface area contributed by atoms with E-state index in [1.165, 1.54) is 5.56 Å². The van der Waals surface area contributed by atoms with Gasteiger partial charge in [0.05, 0.1) is 13.0 Å². The van der Waals surface area contributed by atoms with Crippen molar-refractivity contribution in [3.8, 4) is 5.75 Å². The van der Waals surface area contributed by atoms with Crippen LogP contribution in [-0.4, -0.2) is 38.1 Å². The highest BCUT2D eigenvalue weighted by molar-refractivity contribution is 5.79. The van der Waals surface area contributed by atoms with Crippen LogP contribution in [-0.2, 0) is 17.8 Å². The number of hydrogen-bond donors (Lipinski definition) is 1. The van der Waals surface area contributed by atoms with Gasteiger partial charge in [0, 0.05) is 26.7 Å². The number of aryl methyl sites for hydroxylation is 1. The molecule has 0 atom stereocenters. The smallest absolute Gasteiger partial charge is 0.228 e. The second kappa shape index (κ2) is 6.06. The maximum atomic E-state index is 12.1. The van der Waals surface area contributed by atoms with Crippen molar-refractivity contribution in [3.63, 3.8) is 0 Å². The van der Waals surface area contributed by atoms with Gasteiger partial charge in [0.1, 0.15) is 5.75 Å². The van der Waals surface area contributed by atoms with E-state index in [0.717, 1.165) is 30.8 Å². The summed E-state index contributed by atoms with van der Waals surface area (Å²) in [5.74, 6) is 1.31. The van der Waals surface area contributed by atoms with Gasteiger partial charge in [-0.05, 0) is 23.6 Å². The molecule has 104 valence electrons. The van der Waals surface area contributed by atoms with E-state index >= 15 is 0 Å². The van der Waals surface area contributed by atoms with Crippen molar-refractivity contribution in [1.29, 1.82) is 0 Å². The van der Waals surface area contributed by atoms with Crippen LogP contribution in [0.3, 0.4) is 0 Å². The maximum Gasteiger partial charge on any atom is 0.228 e. The van der Waals surface area contributed by atoms with Crippen molar-refractivity contribution in [2.24, 2.45) is 5.92 Å². The van der Waals surface area contributed by atoms with E-state index in [-0.39, 0.29) is 11.8 Å². The summed E-state index contributed by atoms with van der Waals surface area (Å²) in [6, 6.07) is 6.14. The van der Waals surface area contributed by atoms with Gasteiger partial charge >= 0.3 is 0 Å². The third kappa shape index (κ3) is 3.07. The normalized spacial score (nSPS) is 14.9. The standard InChI is InChI=1S/C15H22N2O2/c1-4-12-7-11(5-6-14(12)19-3)10-17(2)15(18)13-8-16-9-13/h5-7,13,16H,4,8-10H2,1-3H3. The molecule has 4 heteroatoms. The number of carbonyl (C=O) groups excluding carboxylic acids is 1. The molecule has 1 fully saturated rings. The van der Waals surface area contributed by atoms with Crippen LogP contribution in [0.5, 0.6) is 5.75 Å². The van der Waals surface area contributed by atoms with Gasteiger partial charge in [-0.25, -0.2) is 0 Å². The molecular weight excluding hydrogens is 240 g/mol. The minimum Gasteiger partial charge on any atom is -0.496 e. The van der Waals surface area contributed by atoms with Crippen molar-refractivity contribution in [1.82, 2.24) is 10.2 Å². The Morgan fingerprint density at radius 3 is 2.74 bits per heavy atom. The van der Waals surface area contributed by atoms with Crippen molar-refractivity contribution in [2.75, 3.05) is 27.2 Å². The minimum atomic E-state index is 0.161. The minimum absolute atomic E-state index is 0.161. The summed E-state index contributed by atoms with van der Waals surface area (Å²) in [4.78, 5) is 13.9. The van der Waals surface area contributed by atoms with Crippen LogP contribution in [0.2, 0.25) is 0 Å². The summed E-state index contributed by atoms with van der Waals surface area (Å²) in [6.07, 6.45) is 0.932. The number of carbonyl (C=O) groups is 1. The molecule has 1 heterocycles. The number of benzene rings is 1. The Morgan fingerprint density at radius 2 is 2.21 bits per heavy atom. The van der Waals surface area contributed by atoms with Crippen molar-refractivity contribution < 1.29 is 9.53 Å². The Labute approximate surface area is 114 Å². The zero-order valence-electron chi connectivity index (χ0n) is 11.9. The van der Waals surface area contributed by atoms with Crippen molar-refractivity contribution in [2.45, 2.75) is 19.9 Å². The number of hydrogen-bond acceptors (Lipinski definition) is 3. The Bertz CT molecular complexity index is 455. The van der Waals surface area contributed by atoms with Crippen LogP contribution in [0.1, 0.15) is 18.1 Å². The Balaban J connectivity index is 2.03. The molecule has 1 saturated heterocycles. The van der Waals surface area contributed by atoms with E-state index < -0.39 is 0 Å². The van der Waals surface area contributed by atoms with Crippen LogP contribution in [0.25, 0.3) is 0 Å². The number of nitrogens with zero attached hydrogens (tertiary/aromatic N) is 1. The number of methoxy groups -OCH3 is 1. The molecule has 0 spiro atoms. The molecule has 1 aromatic carbocycles. The van der Waals surface area contributed by atoms with Gasteiger partial charge in [-0.2, -0.15) is 0 Å². The molecular formula is C15H22N2O2. The summed E-state index contributed by atoms with van der Waals surface area (Å²) in [7, 11) is 3.56. The molecule has 0 aliphatic carbocycles. The number of amides is 1. The number of rotatable bonds is 5. The molecule has 4 nitrogen and oxygen atoms in total. The van der Waals surface area contributed by atoms with Gasteiger partial charge < -0.3 is 15.0 Å². The summed E-state index contributed by atoms with van der Waals surface area (Å²) < 4.78 is 5.32. The highest BCUT2D eigenvalue weighted by atomic mass is 16.5. The van der Waals surface area contributed by atoms with Crippen molar-refractivity contribution >= 4 is 5.91 Å². The maximum absolute atomic E-state index is 12.1. The first kappa shape index (κ1) is 13.9. The fourth-order valence-electron chi connectivity index (χ4n) is 2.33. The first-order chi connectivity index (χ1) is 9.15. The molecule has 0 unspecified atom stereocenters. The Kier molecular flexibility index (Phi) is 4.43. The Hall–Kier alpha value is -1.55. The molecule has 0 aromatic heterocycles. The van der Waals surface area contributed by atoms with E-state index in [9.17, 15) is 4.79 Å². The number of ether oxygens (including phenoxy) is 1. The first-order valence-electron chi connectivity index (χ1n) is 6.77. The second-order valence-corrected chi connectivity index (χ2v) is 5.05. The zero-order chi connectivity index (χ0) is 13.8. The number of nitrogens with one attached hydrogen (secondary N) is 1.